The van der Waals surface area contributed by atoms with Gasteiger partial charge in [-0.1, -0.05) is 18.0 Å². The predicted octanol–water partition coefficient (Wildman–Crippen LogP) is 3.68. The molecule has 1 aliphatic carbocycles. The molecule has 2 rings (SSSR count). The van der Waals surface area contributed by atoms with E-state index in [1.165, 1.54) is 6.42 Å². The molecule has 0 aliphatic heterocycles. The SMILES string of the molecule is O=C(Nc1ccc(I)c(Cl)c1)C1CCC1. The maximum Gasteiger partial charge on any atom is 0.227 e. The number of halogens is 2. The third kappa shape index (κ3) is 2.64. The standard InChI is InChI=1S/C11H11ClINO/c12-9-6-8(4-5-10(9)13)14-11(15)7-2-1-3-7/h4-7H,1-3H2,(H,14,15). The van der Waals surface area contributed by atoms with Crippen molar-refractivity contribution in [3.05, 3.63) is 26.8 Å². The van der Waals surface area contributed by atoms with Crippen LogP contribution in [0.4, 0.5) is 5.69 Å². The lowest BCUT2D eigenvalue weighted by atomic mass is 9.85. The molecule has 2 nitrogen and oxygen atoms in total. The fourth-order valence-corrected chi connectivity index (χ4v) is 2.00. The van der Waals surface area contributed by atoms with Crippen molar-refractivity contribution in [1.29, 1.82) is 0 Å². The predicted molar refractivity (Wildman–Crippen MR) is 70.1 cm³/mol. The summed E-state index contributed by atoms with van der Waals surface area (Å²) in [6.07, 6.45) is 3.21. The van der Waals surface area contributed by atoms with Crippen LogP contribution in [-0.4, -0.2) is 5.91 Å². The van der Waals surface area contributed by atoms with Crippen LogP contribution in [0.5, 0.6) is 0 Å². The molecule has 0 bridgehead atoms. The van der Waals surface area contributed by atoms with Crippen LogP contribution in [0.2, 0.25) is 5.02 Å². The van der Waals surface area contributed by atoms with Crippen LogP contribution < -0.4 is 5.32 Å². The Bertz CT molecular complexity index is 390. The molecule has 1 saturated carbocycles. The van der Waals surface area contributed by atoms with Gasteiger partial charge in [0.2, 0.25) is 5.91 Å². The average Bonchev–Trinajstić information content (AvgIpc) is 2.08. The number of benzene rings is 1. The zero-order valence-corrected chi connectivity index (χ0v) is 11.0. The molecule has 0 atom stereocenters. The second-order valence-corrected chi connectivity index (χ2v) is 5.32. The highest BCUT2D eigenvalue weighted by Gasteiger charge is 2.25. The Labute approximate surface area is 108 Å². The Morgan fingerprint density at radius 1 is 1.47 bits per heavy atom. The van der Waals surface area contributed by atoms with Gasteiger partial charge in [-0.25, -0.2) is 0 Å². The van der Waals surface area contributed by atoms with E-state index in [1.54, 1.807) is 6.07 Å². The van der Waals surface area contributed by atoms with E-state index in [-0.39, 0.29) is 11.8 Å². The molecule has 1 aromatic carbocycles. The summed E-state index contributed by atoms with van der Waals surface area (Å²) < 4.78 is 0.996. The van der Waals surface area contributed by atoms with Gasteiger partial charge in [-0.15, -0.1) is 0 Å². The van der Waals surface area contributed by atoms with Crippen molar-refractivity contribution < 1.29 is 4.79 Å². The molecule has 1 aromatic rings. The number of carbonyl (C=O) groups excluding carboxylic acids is 1. The van der Waals surface area contributed by atoms with Gasteiger partial charge in [0.15, 0.2) is 0 Å². The number of anilines is 1. The molecule has 1 amide bonds. The van der Waals surface area contributed by atoms with Crippen LogP contribution in [0.25, 0.3) is 0 Å². The van der Waals surface area contributed by atoms with Crippen LogP contribution in [0.1, 0.15) is 19.3 Å². The van der Waals surface area contributed by atoms with E-state index in [1.807, 2.05) is 12.1 Å². The third-order valence-corrected chi connectivity index (χ3v) is 4.24. The molecular weight excluding hydrogens is 324 g/mol. The maximum atomic E-state index is 11.6. The van der Waals surface area contributed by atoms with E-state index < -0.39 is 0 Å². The molecule has 0 radical (unpaired) electrons. The third-order valence-electron chi connectivity index (χ3n) is 2.66. The Hall–Kier alpha value is -0.290. The van der Waals surface area contributed by atoms with Crippen molar-refractivity contribution in [3.63, 3.8) is 0 Å². The zero-order valence-electron chi connectivity index (χ0n) is 8.09. The van der Waals surface area contributed by atoms with Crippen LogP contribution in [-0.2, 0) is 4.79 Å². The summed E-state index contributed by atoms with van der Waals surface area (Å²) in [5.74, 6) is 0.335. The van der Waals surface area contributed by atoms with Crippen LogP contribution in [0, 0.1) is 9.49 Å². The molecule has 1 aliphatic rings. The van der Waals surface area contributed by atoms with Gasteiger partial charge in [-0.2, -0.15) is 0 Å². The van der Waals surface area contributed by atoms with Crippen molar-refractivity contribution in [2.75, 3.05) is 5.32 Å². The highest BCUT2D eigenvalue weighted by Crippen LogP contribution is 2.28. The first-order valence-electron chi connectivity index (χ1n) is 4.93. The van der Waals surface area contributed by atoms with Crippen molar-refractivity contribution in [2.45, 2.75) is 19.3 Å². The summed E-state index contributed by atoms with van der Waals surface area (Å²) >= 11 is 8.13. The first-order valence-corrected chi connectivity index (χ1v) is 6.38. The van der Waals surface area contributed by atoms with Gasteiger partial charge in [0.25, 0.3) is 0 Å². The highest BCUT2D eigenvalue weighted by atomic mass is 127. The van der Waals surface area contributed by atoms with E-state index in [0.29, 0.717) is 5.02 Å². The molecule has 0 unspecified atom stereocenters. The van der Waals surface area contributed by atoms with Crippen molar-refractivity contribution in [2.24, 2.45) is 5.92 Å². The van der Waals surface area contributed by atoms with E-state index >= 15 is 0 Å². The van der Waals surface area contributed by atoms with E-state index in [4.69, 9.17) is 11.6 Å². The number of hydrogen-bond acceptors (Lipinski definition) is 1. The molecule has 0 heterocycles. The van der Waals surface area contributed by atoms with Gasteiger partial charge in [0.05, 0.1) is 5.02 Å². The van der Waals surface area contributed by atoms with Crippen LogP contribution in [0.15, 0.2) is 18.2 Å². The minimum Gasteiger partial charge on any atom is -0.326 e. The smallest absolute Gasteiger partial charge is 0.227 e. The number of amides is 1. The first-order chi connectivity index (χ1) is 7.16. The molecule has 15 heavy (non-hydrogen) atoms. The second kappa shape index (κ2) is 4.70. The highest BCUT2D eigenvalue weighted by molar-refractivity contribution is 14.1. The molecule has 0 aromatic heterocycles. The van der Waals surface area contributed by atoms with Gasteiger partial charge in [-0.3, -0.25) is 4.79 Å². The summed E-state index contributed by atoms with van der Waals surface area (Å²) in [5.41, 5.74) is 0.789. The molecule has 1 fully saturated rings. The molecule has 80 valence electrons. The quantitative estimate of drug-likeness (QED) is 0.821. The molecular formula is C11H11ClINO. The molecule has 1 N–H and O–H groups in total. The topological polar surface area (TPSA) is 29.1 Å². The summed E-state index contributed by atoms with van der Waals surface area (Å²) in [5, 5.41) is 3.57. The second-order valence-electron chi connectivity index (χ2n) is 3.75. The number of nitrogens with one attached hydrogen (secondary N) is 1. The summed E-state index contributed by atoms with van der Waals surface area (Å²) in [7, 11) is 0. The normalized spacial score (nSPS) is 15.9. The lowest BCUT2D eigenvalue weighted by Gasteiger charge is -2.24. The lowest BCUT2D eigenvalue weighted by molar-refractivity contribution is -0.122. The van der Waals surface area contributed by atoms with Crippen molar-refractivity contribution in [1.82, 2.24) is 0 Å². The summed E-state index contributed by atoms with van der Waals surface area (Å²) in [6.45, 7) is 0. The summed E-state index contributed by atoms with van der Waals surface area (Å²) in [4.78, 5) is 11.6. The van der Waals surface area contributed by atoms with Gasteiger partial charge in [0, 0.05) is 15.2 Å². The first kappa shape index (κ1) is 11.2. The fraction of sp³-hybridized carbons (Fsp3) is 0.364. The Kier molecular flexibility index (Phi) is 3.51. The Morgan fingerprint density at radius 3 is 2.73 bits per heavy atom. The average molecular weight is 336 g/mol. The van der Waals surface area contributed by atoms with Crippen LogP contribution in [0.3, 0.4) is 0 Å². The minimum atomic E-state index is 0.124. The van der Waals surface area contributed by atoms with Gasteiger partial charge < -0.3 is 5.32 Å². The number of carbonyl (C=O) groups is 1. The largest absolute Gasteiger partial charge is 0.326 e. The minimum absolute atomic E-state index is 0.124. The monoisotopic (exact) mass is 335 g/mol. The van der Waals surface area contributed by atoms with Gasteiger partial charge in [-0.05, 0) is 53.6 Å². The van der Waals surface area contributed by atoms with Crippen LogP contribution >= 0.6 is 34.2 Å². The number of rotatable bonds is 2. The van der Waals surface area contributed by atoms with E-state index in [2.05, 4.69) is 27.9 Å². The Morgan fingerprint density at radius 2 is 2.20 bits per heavy atom. The van der Waals surface area contributed by atoms with Crippen molar-refractivity contribution >= 4 is 45.8 Å². The molecule has 4 heteroatoms. The fourth-order valence-electron chi connectivity index (χ4n) is 1.49. The van der Waals surface area contributed by atoms with Gasteiger partial charge >= 0.3 is 0 Å². The van der Waals surface area contributed by atoms with E-state index in [9.17, 15) is 4.79 Å². The zero-order chi connectivity index (χ0) is 10.8. The lowest BCUT2D eigenvalue weighted by Crippen LogP contribution is -2.27. The van der Waals surface area contributed by atoms with Crippen molar-refractivity contribution in [3.8, 4) is 0 Å². The van der Waals surface area contributed by atoms with E-state index in [0.717, 1.165) is 22.1 Å². The summed E-state index contributed by atoms with van der Waals surface area (Å²) in [6, 6.07) is 5.57. The molecule has 0 saturated heterocycles. The number of hydrogen-bond donors (Lipinski definition) is 1. The Balaban J connectivity index is 2.03. The maximum absolute atomic E-state index is 11.6. The molecule has 0 spiro atoms. The van der Waals surface area contributed by atoms with Gasteiger partial charge in [0.1, 0.15) is 0 Å².